The average molecular weight is 396 g/mol. The molecule has 2 aromatic rings. The number of rotatable bonds is 8. The van der Waals surface area contributed by atoms with Gasteiger partial charge in [-0.1, -0.05) is 6.92 Å². The van der Waals surface area contributed by atoms with Crippen LogP contribution in [0, 0.1) is 5.82 Å². The normalized spacial score (nSPS) is 12.3. The Morgan fingerprint density at radius 2 is 1.78 bits per heavy atom. The van der Waals surface area contributed by atoms with Gasteiger partial charge in [-0.15, -0.1) is 0 Å². The third-order valence-electron chi connectivity index (χ3n) is 3.81. The van der Waals surface area contributed by atoms with Crippen LogP contribution in [0.25, 0.3) is 0 Å². The van der Waals surface area contributed by atoms with Crippen molar-refractivity contribution in [1.29, 1.82) is 0 Å². The highest BCUT2D eigenvalue weighted by Gasteiger charge is 2.25. The van der Waals surface area contributed by atoms with Crippen LogP contribution >= 0.6 is 0 Å². The minimum atomic E-state index is -3.98. The van der Waals surface area contributed by atoms with Crippen molar-refractivity contribution in [3.8, 4) is 11.5 Å². The van der Waals surface area contributed by atoms with Gasteiger partial charge in [0.2, 0.25) is 15.9 Å². The van der Waals surface area contributed by atoms with E-state index in [0.717, 1.165) is 24.3 Å². The summed E-state index contributed by atoms with van der Waals surface area (Å²) in [6.07, 6.45) is 0.213. The van der Waals surface area contributed by atoms with Gasteiger partial charge < -0.3 is 14.8 Å². The van der Waals surface area contributed by atoms with Crippen molar-refractivity contribution in [1.82, 2.24) is 4.72 Å². The van der Waals surface area contributed by atoms with Gasteiger partial charge in [-0.05, 0) is 42.8 Å². The van der Waals surface area contributed by atoms with Gasteiger partial charge >= 0.3 is 0 Å². The summed E-state index contributed by atoms with van der Waals surface area (Å²) >= 11 is 0. The fraction of sp³-hybridized carbons (Fsp3) is 0.278. The number of amides is 1. The first kappa shape index (κ1) is 20.7. The molecule has 9 heteroatoms. The standard InChI is InChI=1S/C18H21FN2O5S/c1-4-15(21-27(23,24)14-8-5-12(19)6-9-14)18(22)20-16-10-7-13(25-2)11-17(16)26-3/h5-11,15,21H,4H2,1-3H3,(H,20,22). The van der Waals surface area contributed by atoms with Crippen LogP contribution in [0.2, 0.25) is 0 Å². The first-order chi connectivity index (χ1) is 12.8. The third kappa shape index (κ3) is 5.18. The van der Waals surface area contributed by atoms with Crippen LogP contribution in [0.1, 0.15) is 13.3 Å². The van der Waals surface area contributed by atoms with Gasteiger partial charge in [0.05, 0.1) is 24.8 Å². The van der Waals surface area contributed by atoms with Crippen LogP contribution < -0.4 is 19.5 Å². The van der Waals surface area contributed by atoms with Gasteiger partial charge in [-0.2, -0.15) is 4.72 Å². The first-order valence-corrected chi connectivity index (χ1v) is 9.59. The molecular formula is C18H21FN2O5S. The molecule has 146 valence electrons. The molecule has 0 saturated carbocycles. The largest absolute Gasteiger partial charge is 0.497 e. The monoisotopic (exact) mass is 396 g/mol. The Labute approximate surface area is 157 Å². The zero-order valence-corrected chi connectivity index (χ0v) is 16.0. The molecule has 0 aliphatic heterocycles. The molecule has 0 radical (unpaired) electrons. The number of halogens is 1. The van der Waals surface area contributed by atoms with Gasteiger partial charge in [0.15, 0.2) is 0 Å². The maximum absolute atomic E-state index is 13.0. The van der Waals surface area contributed by atoms with Crippen LogP contribution in [0.15, 0.2) is 47.4 Å². The molecule has 1 unspecified atom stereocenters. The second-order valence-electron chi connectivity index (χ2n) is 5.59. The summed E-state index contributed by atoms with van der Waals surface area (Å²) in [5, 5.41) is 2.64. The molecule has 2 N–H and O–H groups in total. The van der Waals surface area contributed by atoms with Crippen LogP contribution in [-0.2, 0) is 14.8 Å². The first-order valence-electron chi connectivity index (χ1n) is 8.11. The van der Waals surface area contributed by atoms with E-state index in [0.29, 0.717) is 17.2 Å². The molecule has 27 heavy (non-hydrogen) atoms. The summed E-state index contributed by atoms with van der Waals surface area (Å²) in [7, 11) is -1.03. The van der Waals surface area contributed by atoms with Crippen LogP contribution in [0.3, 0.4) is 0 Å². The van der Waals surface area contributed by atoms with Crippen molar-refractivity contribution < 1.29 is 27.1 Å². The highest BCUT2D eigenvalue weighted by Crippen LogP contribution is 2.29. The van der Waals surface area contributed by atoms with Gasteiger partial charge in [0, 0.05) is 6.07 Å². The van der Waals surface area contributed by atoms with Crippen molar-refractivity contribution in [3.05, 3.63) is 48.3 Å². The maximum Gasteiger partial charge on any atom is 0.242 e. The molecule has 1 amide bonds. The number of benzene rings is 2. The number of hydrogen-bond donors (Lipinski definition) is 2. The average Bonchev–Trinajstić information content (AvgIpc) is 2.66. The number of methoxy groups -OCH3 is 2. The minimum absolute atomic E-state index is 0.128. The van der Waals surface area contributed by atoms with E-state index < -0.39 is 27.8 Å². The Kier molecular flexibility index (Phi) is 6.75. The Morgan fingerprint density at radius 3 is 2.33 bits per heavy atom. The lowest BCUT2D eigenvalue weighted by atomic mass is 10.2. The van der Waals surface area contributed by atoms with E-state index in [1.54, 1.807) is 25.1 Å². The lowest BCUT2D eigenvalue weighted by Gasteiger charge is -2.18. The van der Waals surface area contributed by atoms with E-state index >= 15 is 0 Å². The predicted molar refractivity (Wildman–Crippen MR) is 99.0 cm³/mol. The Bertz CT molecular complexity index is 900. The zero-order valence-electron chi connectivity index (χ0n) is 15.2. The summed E-state index contributed by atoms with van der Waals surface area (Å²) in [6, 6.07) is 8.16. The van der Waals surface area contributed by atoms with Crippen molar-refractivity contribution in [2.75, 3.05) is 19.5 Å². The molecule has 2 rings (SSSR count). The molecule has 0 saturated heterocycles. The summed E-state index contributed by atoms with van der Waals surface area (Å²) < 4.78 is 50.5. The van der Waals surface area contributed by atoms with Gasteiger partial charge in [0.25, 0.3) is 0 Å². The molecule has 0 spiro atoms. The Morgan fingerprint density at radius 1 is 1.11 bits per heavy atom. The smallest absolute Gasteiger partial charge is 0.242 e. The van der Waals surface area contributed by atoms with Crippen LogP contribution in [-0.4, -0.2) is 34.6 Å². The third-order valence-corrected chi connectivity index (χ3v) is 5.30. The van der Waals surface area contributed by atoms with E-state index in [4.69, 9.17) is 9.47 Å². The quantitative estimate of drug-likeness (QED) is 0.715. The topological polar surface area (TPSA) is 93.7 Å². The van der Waals surface area contributed by atoms with Crippen molar-refractivity contribution in [3.63, 3.8) is 0 Å². The molecule has 2 aromatic carbocycles. The molecule has 0 heterocycles. The van der Waals surface area contributed by atoms with E-state index in [1.807, 2.05) is 0 Å². The molecule has 0 fully saturated rings. The summed E-state index contributed by atoms with van der Waals surface area (Å²) in [6.45, 7) is 1.67. The van der Waals surface area contributed by atoms with Crippen molar-refractivity contribution in [2.45, 2.75) is 24.3 Å². The van der Waals surface area contributed by atoms with Crippen LogP contribution in [0.5, 0.6) is 11.5 Å². The molecule has 0 aliphatic rings. The fourth-order valence-electron chi connectivity index (χ4n) is 2.31. The molecule has 0 aromatic heterocycles. The SMILES string of the molecule is CCC(NS(=O)(=O)c1ccc(F)cc1)C(=O)Nc1ccc(OC)cc1OC. The van der Waals surface area contributed by atoms with E-state index in [2.05, 4.69) is 10.0 Å². The lowest BCUT2D eigenvalue weighted by Crippen LogP contribution is -2.43. The van der Waals surface area contributed by atoms with E-state index in [-0.39, 0.29) is 11.3 Å². The fourth-order valence-corrected chi connectivity index (χ4v) is 3.59. The van der Waals surface area contributed by atoms with Gasteiger partial charge in [-0.25, -0.2) is 12.8 Å². The number of carbonyl (C=O) groups excluding carboxylic acids is 1. The second-order valence-corrected chi connectivity index (χ2v) is 7.31. The van der Waals surface area contributed by atoms with Gasteiger partial charge in [-0.3, -0.25) is 4.79 Å². The van der Waals surface area contributed by atoms with E-state index in [9.17, 15) is 17.6 Å². The highest BCUT2D eigenvalue weighted by molar-refractivity contribution is 7.89. The number of carbonyl (C=O) groups is 1. The second kappa shape index (κ2) is 8.83. The van der Waals surface area contributed by atoms with Gasteiger partial charge in [0.1, 0.15) is 23.4 Å². The minimum Gasteiger partial charge on any atom is -0.497 e. The summed E-state index contributed by atoms with van der Waals surface area (Å²) in [5.74, 6) is -0.176. The van der Waals surface area contributed by atoms with E-state index in [1.165, 1.54) is 14.2 Å². The summed E-state index contributed by atoms with van der Waals surface area (Å²) in [4.78, 5) is 12.4. The number of nitrogens with one attached hydrogen (secondary N) is 2. The highest BCUT2D eigenvalue weighted by atomic mass is 32.2. The molecule has 0 aliphatic carbocycles. The molecule has 1 atom stereocenters. The number of hydrogen-bond acceptors (Lipinski definition) is 5. The zero-order chi connectivity index (χ0) is 20.0. The Balaban J connectivity index is 2.17. The summed E-state index contributed by atoms with van der Waals surface area (Å²) in [5.41, 5.74) is 0.378. The predicted octanol–water partition coefficient (Wildman–Crippen LogP) is 2.54. The molecule has 7 nitrogen and oxygen atoms in total. The van der Waals surface area contributed by atoms with Crippen LogP contribution in [0.4, 0.5) is 10.1 Å². The number of anilines is 1. The molecular weight excluding hydrogens is 375 g/mol. The maximum atomic E-state index is 13.0. The van der Waals surface area contributed by atoms with Crippen molar-refractivity contribution in [2.24, 2.45) is 0 Å². The number of ether oxygens (including phenoxy) is 2. The Hall–Kier alpha value is -2.65. The molecule has 0 bridgehead atoms. The van der Waals surface area contributed by atoms with Crippen molar-refractivity contribution >= 4 is 21.6 Å². The lowest BCUT2D eigenvalue weighted by molar-refractivity contribution is -0.117. The number of sulfonamides is 1.